The highest BCUT2D eigenvalue weighted by atomic mass is 79.9. The monoisotopic (exact) mass is 553 g/mol. The van der Waals surface area contributed by atoms with Crippen LogP contribution >= 0.6 is 15.9 Å². The van der Waals surface area contributed by atoms with E-state index in [0.717, 1.165) is 16.7 Å². The van der Waals surface area contributed by atoms with Crippen molar-refractivity contribution in [2.24, 2.45) is 0 Å². The molecule has 0 fully saturated rings. The molecule has 8 heteroatoms. The fraction of sp³-hybridized carbons (Fsp3) is 0.286. The van der Waals surface area contributed by atoms with E-state index in [2.05, 4.69) is 21.2 Å². The third-order valence-electron chi connectivity index (χ3n) is 6.05. The number of aromatic nitrogens is 1. The van der Waals surface area contributed by atoms with E-state index in [4.69, 9.17) is 4.74 Å². The van der Waals surface area contributed by atoms with Crippen molar-refractivity contribution in [3.8, 4) is 5.75 Å². The highest BCUT2D eigenvalue weighted by molar-refractivity contribution is 9.10. The second-order valence-corrected chi connectivity index (χ2v) is 9.68. The molecule has 3 aromatic rings. The first kappa shape index (κ1) is 25.7. The van der Waals surface area contributed by atoms with E-state index in [1.165, 1.54) is 12.1 Å². The summed E-state index contributed by atoms with van der Waals surface area (Å²) >= 11 is 3.57. The lowest BCUT2D eigenvalue weighted by atomic mass is 10.1. The van der Waals surface area contributed by atoms with Crippen molar-refractivity contribution in [3.63, 3.8) is 0 Å². The zero-order valence-electron chi connectivity index (χ0n) is 20.4. The summed E-state index contributed by atoms with van der Waals surface area (Å²) in [4.78, 5) is 28.6. The van der Waals surface area contributed by atoms with E-state index in [1.54, 1.807) is 17.0 Å². The van der Waals surface area contributed by atoms with Crippen LogP contribution in [0, 0.1) is 5.82 Å². The van der Waals surface area contributed by atoms with Crippen LogP contribution < -0.4 is 10.1 Å². The minimum absolute atomic E-state index is 0.199. The van der Waals surface area contributed by atoms with Crippen LogP contribution in [-0.4, -0.2) is 40.9 Å². The number of nitrogens with one attached hydrogen (secondary N) is 1. The van der Waals surface area contributed by atoms with Crippen molar-refractivity contribution in [2.75, 3.05) is 19.6 Å². The minimum atomic E-state index is -0.310. The third kappa shape index (κ3) is 5.87. The fourth-order valence-corrected chi connectivity index (χ4v) is 4.81. The van der Waals surface area contributed by atoms with Gasteiger partial charge in [-0.05, 0) is 59.5 Å². The number of nitrogens with zero attached hydrogens (tertiary/aromatic N) is 2. The Balaban J connectivity index is 1.62. The van der Waals surface area contributed by atoms with E-state index in [-0.39, 0.29) is 30.0 Å². The van der Waals surface area contributed by atoms with Gasteiger partial charge in [-0.15, -0.1) is 0 Å². The normalized spacial score (nSPS) is 12.8. The average Bonchev–Trinajstić information content (AvgIpc) is 3.15. The van der Waals surface area contributed by atoms with Gasteiger partial charge in [0.2, 0.25) is 0 Å². The summed E-state index contributed by atoms with van der Waals surface area (Å²) in [6.45, 7) is 6.03. The molecule has 0 spiro atoms. The topological polar surface area (TPSA) is 63.6 Å². The second kappa shape index (κ2) is 11.6. The summed E-state index contributed by atoms with van der Waals surface area (Å²) in [5.41, 5.74) is 3.65. The highest BCUT2D eigenvalue weighted by Crippen LogP contribution is 2.37. The van der Waals surface area contributed by atoms with Crippen LogP contribution in [0.2, 0.25) is 0 Å². The molecule has 188 valence electrons. The van der Waals surface area contributed by atoms with E-state index < -0.39 is 0 Å². The number of carbonyl (C=O) groups excluding carboxylic acids is 2. The van der Waals surface area contributed by atoms with Gasteiger partial charge in [0.25, 0.3) is 11.8 Å². The Bertz CT molecular complexity index is 1270. The maximum absolute atomic E-state index is 13.6. The molecule has 1 N–H and O–H groups in total. The number of carbonyl (C=O) groups is 2. The van der Waals surface area contributed by atoms with Crippen LogP contribution in [0.4, 0.5) is 4.39 Å². The van der Waals surface area contributed by atoms with E-state index >= 15 is 0 Å². The van der Waals surface area contributed by atoms with Gasteiger partial charge in [0, 0.05) is 26.2 Å². The molecule has 0 unspecified atom stereocenters. The summed E-state index contributed by atoms with van der Waals surface area (Å²) in [7, 11) is 0. The number of rotatable bonds is 9. The molecule has 0 bridgehead atoms. The molecule has 0 atom stereocenters. The molecule has 4 rings (SSSR count). The Hall–Kier alpha value is -3.39. The van der Waals surface area contributed by atoms with Crippen LogP contribution in [0.5, 0.6) is 5.75 Å². The fourth-order valence-electron chi connectivity index (χ4n) is 4.09. The van der Waals surface area contributed by atoms with Crippen molar-refractivity contribution >= 4 is 27.7 Å². The highest BCUT2D eigenvalue weighted by Gasteiger charge is 2.36. The van der Waals surface area contributed by atoms with Crippen LogP contribution in [0.1, 0.15) is 45.8 Å². The first-order chi connectivity index (χ1) is 17.3. The van der Waals surface area contributed by atoms with Crippen molar-refractivity contribution in [1.82, 2.24) is 14.8 Å². The van der Waals surface area contributed by atoms with Crippen molar-refractivity contribution in [2.45, 2.75) is 33.4 Å². The Kier molecular flexibility index (Phi) is 8.25. The van der Waals surface area contributed by atoms with Crippen molar-refractivity contribution in [1.29, 1.82) is 0 Å². The summed E-state index contributed by atoms with van der Waals surface area (Å²) in [6.07, 6.45) is 2.53. The molecule has 0 saturated carbocycles. The number of ether oxygens (including phenoxy) is 1. The Morgan fingerprint density at radius 3 is 2.50 bits per heavy atom. The van der Waals surface area contributed by atoms with Gasteiger partial charge in [-0.1, -0.05) is 54.1 Å². The predicted octanol–water partition coefficient (Wildman–Crippen LogP) is 5.36. The number of hydrogen-bond acceptors (Lipinski definition) is 3. The lowest BCUT2D eigenvalue weighted by Crippen LogP contribution is -2.41. The molecule has 36 heavy (non-hydrogen) atoms. The van der Waals surface area contributed by atoms with E-state index in [9.17, 15) is 14.0 Å². The number of amides is 2. The smallest absolute Gasteiger partial charge is 0.274 e. The Morgan fingerprint density at radius 1 is 1.08 bits per heavy atom. The molecule has 1 aliphatic heterocycles. The summed E-state index contributed by atoms with van der Waals surface area (Å²) < 4.78 is 21.8. The molecule has 6 nitrogen and oxygen atoms in total. The molecule has 0 saturated heterocycles. The molecule has 1 aliphatic rings. The number of halogens is 2. The quantitative estimate of drug-likeness (QED) is 0.362. The van der Waals surface area contributed by atoms with Gasteiger partial charge in [-0.25, -0.2) is 4.39 Å². The Labute approximate surface area is 218 Å². The molecule has 2 amide bonds. The number of hydrogen-bond donors (Lipinski definition) is 1. The number of fused-ring (bicyclic) bond motifs is 1. The third-order valence-corrected chi connectivity index (χ3v) is 6.87. The zero-order valence-corrected chi connectivity index (χ0v) is 22.0. The van der Waals surface area contributed by atoms with Gasteiger partial charge < -0.3 is 19.5 Å². The van der Waals surface area contributed by atoms with Crippen LogP contribution in [0.15, 0.2) is 70.8 Å². The predicted molar refractivity (Wildman–Crippen MR) is 141 cm³/mol. The minimum Gasteiger partial charge on any atom is -0.486 e. The molecule has 1 aromatic heterocycles. The number of benzene rings is 2. The summed E-state index contributed by atoms with van der Waals surface area (Å²) in [5, 5.41) is 2.90. The molecule has 2 aromatic carbocycles. The molecule has 0 radical (unpaired) electrons. The van der Waals surface area contributed by atoms with Gasteiger partial charge >= 0.3 is 0 Å². The maximum atomic E-state index is 13.6. The number of allylic oxidation sites excluding steroid dienone is 1. The zero-order chi connectivity index (χ0) is 25.7. The Morgan fingerprint density at radius 2 is 1.81 bits per heavy atom. The summed E-state index contributed by atoms with van der Waals surface area (Å²) in [6, 6.07) is 15.9. The molecular weight excluding hydrogens is 525 g/mol. The van der Waals surface area contributed by atoms with E-state index in [0.29, 0.717) is 48.5 Å². The van der Waals surface area contributed by atoms with Gasteiger partial charge in [-0.3, -0.25) is 9.59 Å². The summed E-state index contributed by atoms with van der Waals surface area (Å²) in [5.74, 6) is -0.520. The van der Waals surface area contributed by atoms with Crippen LogP contribution in [0.25, 0.3) is 0 Å². The maximum Gasteiger partial charge on any atom is 0.274 e. The van der Waals surface area contributed by atoms with Crippen LogP contribution in [0.3, 0.4) is 0 Å². The van der Waals surface area contributed by atoms with E-state index in [1.807, 2.05) is 54.8 Å². The van der Waals surface area contributed by atoms with Gasteiger partial charge in [0.1, 0.15) is 22.6 Å². The molecule has 2 heterocycles. The lowest BCUT2D eigenvalue weighted by molar-refractivity contribution is 0.0699. The van der Waals surface area contributed by atoms with Gasteiger partial charge in [0.15, 0.2) is 11.4 Å². The second-order valence-electron chi connectivity index (χ2n) is 8.93. The SMILES string of the molecule is CC(C)=CCNC(=O)c1c(OCc2ccccc2)c2n(c1Br)CCN(CCc1ccc(F)cc1)C2=O. The van der Waals surface area contributed by atoms with Crippen molar-refractivity contribution < 1.29 is 18.7 Å². The van der Waals surface area contributed by atoms with Crippen LogP contribution in [-0.2, 0) is 19.6 Å². The van der Waals surface area contributed by atoms with Gasteiger partial charge in [0.05, 0.1) is 0 Å². The molecule has 0 aliphatic carbocycles. The molecular formula is C28H29BrFN3O3. The van der Waals surface area contributed by atoms with Crippen molar-refractivity contribution in [3.05, 3.63) is 99.1 Å². The first-order valence-electron chi connectivity index (χ1n) is 11.9. The average molecular weight is 554 g/mol. The first-order valence-corrected chi connectivity index (χ1v) is 12.7. The largest absolute Gasteiger partial charge is 0.486 e. The van der Waals surface area contributed by atoms with Gasteiger partial charge in [-0.2, -0.15) is 0 Å². The standard InChI is InChI=1S/C28H29BrFN3O3/c1-19(2)12-14-31-27(34)23-25(36-18-21-6-4-3-5-7-21)24-28(35)32(16-17-33(24)26(23)29)15-13-20-8-10-22(30)11-9-20/h3-12H,13-18H2,1-2H3,(H,31,34). The lowest BCUT2D eigenvalue weighted by Gasteiger charge is -2.29.